The van der Waals surface area contributed by atoms with Crippen LogP contribution in [0.15, 0.2) is 109 Å². The molecule has 0 aliphatic carbocycles. The van der Waals surface area contributed by atoms with E-state index in [1.165, 1.54) is 87.8 Å². The van der Waals surface area contributed by atoms with Crippen LogP contribution in [-0.4, -0.2) is 9.13 Å². The second kappa shape index (κ2) is 6.54. The Morgan fingerprint density at radius 1 is 0.395 bits per heavy atom. The van der Waals surface area contributed by atoms with Crippen LogP contribution in [0, 0.1) is 0 Å². The highest BCUT2D eigenvalue weighted by Crippen LogP contribution is 2.45. The van der Waals surface area contributed by atoms with Gasteiger partial charge in [0.05, 0.1) is 22.1 Å². The third-order valence-corrected chi connectivity index (χ3v) is 9.12. The van der Waals surface area contributed by atoms with E-state index in [9.17, 15) is 0 Å². The summed E-state index contributed by atoms with van der Waals surface area (Å²) in [4.78, 5) is 0. The van der Waals surface area contributed by atoms with Gasteiger partial charge in [0.15, 0.2) is 0 Å². The second-order valence-electron chi connectivity index (χ2n) is 11.0. The number of rotatable bonds is 0. The summed E-state index contributed by atoms with van der Waals surface area (Å²) >= 11 is 0. The molecule has 2 heteroatoms. The smallest absolute Gasteiger partial charge is 0.0574 e. The zero-order valence-corrected chi connectivity index (χ0v) is 20.7. The van der Waals surface area contributed by atoms with Gasteiger partial charge in [0.25, 0.3) is 0 Å². The Labute approximate surface area is 219 Å². The van der Waals surface area contributed by atoms with Crippen molar-refractivity contribution in [1.29, 1.82) is 0 Å². The number of fused-ring (bicyclic) bond motifs is 11. The van der Waals surface area contributed by atoms with Crippen LogP contribution >= 0.6 is 0 Å². The van der Waals surface area contributed by atoms with E-state index in [1.54, 1.807) is 0 Å². The Balaban J connectivity index is 1.33. The largest absolute Gasteiger partial charge is 0.335 e. The molecule has 8 aromatic rings. The van der Waals surface area contributed by atoms with Crippen LogP contribution < -0.4 is 0 Å². The first-order chi connectivity index (χ1) is 18.8. The van der Waals surface area contributed by atoms with Crippen molar-refractivity contribution in [2.24, 2.45) is 0 Å². The first kappa shape index (κ1) is 19.3. The molecule has 0 saturated carbocycles. The normalized spacial score (nSPS) is 13.6. The van der Waals surface area contributed by atoms with Gasteiger partial charge in [0.2, 0.25) is 0 Å². The highest BCUT2D eigenvalue weighted by Gasteiger charge is 2.24. The van der Waals surface area contributed by atoms with E-state index >= 15 is 0 Å². The number of aromatic nitrogens is 2. The molecule has 0 atom stereocenters. The lowest BCUT2D eigenvalue weighted by molar-refractivity contribution is 0.860. The minimum absolute atomic E-state index is 0.919. The van der Waals surface area contributed by atoms with Crippen LogP contribution in [0.25, 0.3) is 76.6 Å². The van der Waals surface area contributed by atoms with E-state index in [4.69, 9.17) is 0 Å². The summed E-state index contributed by atoms with van der Waals surface area (Å²) in [5.74, 6) is 0. The van der Waals surface area contributed by atoms with Gasteiger partial charge in [-0.25, -0.2) is 0 Å². The van der Waals surface area contributed by atoms with Crippen LogP contribution in [0.1, 0.15) is 11.1 Å². The fourth-order valence-electron chi connectivity index (χ4n) is 7.49. The molecule has 0 radical (unpaired) electrons. The second-order valence-corrected chi connectivity index (χ2v) is 11.0. The summed E-state index contributed by atoms with van der Waals surface area (Å²) in [6, 6.07) is 41.1. The molecule has 2 nitrogen and oxygen atoms in total. The number of para-hydroxylation sites is 2. The van der Waals surface area contributed by atoms with Gasteiger partial charge < -0.3 is 9.13 Å². The highest BCUT2D eigenvalue weighted by atomic mass is 15.0. The van der Waals surface area contributed by atoms with Crippen molar-refractivity contribution < 1.29 is 0 Å². The minimum Gasteiger partial charge on any atom is -0.335 e. The number of hydrogen-bond donors (Lipinski definition) is 0. The van der Waals surface area contributed by atoms with E-state index in [-0.39, 0.29) is 0 Å². The Hall–Kier alpha value is -4.82. The molecule has 2 aromatic heterocycles. The summed E-state index contributed by atoms with van der Waals surface area (Å²) in [5, 5.41) is 8.03. The van der Waals surface area contributed by atoms with Gasteiger partial charge in [-0.1, -0.05) is 84.9 Å². The van der Waals surface area contributed by atoms with Crippen molar-refractivity contribution in [2.75, 3.05) is 0 Å². The van der Waals surface area contributed by atoms with Gasteiger partial charge in [-0.3, -0.25) is 0 Å². The van der Waals surface area contributed by atoms with Gasteiger partial charge in [0.1, 0.15) is 0 Å². The highest BCUT2D eigenvalue weighted by molar-refractivity contribution is 6.20. The zero-order valence-electron chi connectivity index (χ0n) is 20.7. The van der Waals surface area contributed by atoms with Gasteiger partial charge in [-0.05, 0) is 57.3 Å². The molecular formula is C36H22N2. The molecule has 10 rings (SSSR count). The lowest BCUT2D eigenvalue weighted by Crippen LogP contribution is -2.07. The molecule has 0 amide bonds. The molecule has 0 N–H and O–H groups in total. The third-order valence-electron chi connectivity index (χ3n) is 9.12. The van der Waals surface area contributed by atoms with Crippen molar-refractivity contribution in [1.82, 2.24) is 9.13 Å². The first-order valence-electron chi connectivity index (χ1n) is 13.4. The average Bonchev–Trinajstić information content (AvgIpc) is 3.44. The molecule has 0 saturated heterocycles. The first-order valence-corrected chi connectivity index (χ1v) is 13.4. The minimum atomic E-state index is 0.919. The maximum Gasteiger partial charge on any atom is 0.0574 e. The van der Waals surface area contributed by atoms with Crippen molar-refractivity contribution in [2.45, 2.75) is 13.1 Å². The number of hydrogen-bond acceptors (Lipinski definition) is 0. The fraction of sp³-hybridized carbons (Fsp3) is 0.0556. The molecule has 38 heavy (non-hydrogen) atoms. The molecule has 4 heterocycles. The van der Waals surface area contributed by atoms with E-state index in [0.717, 1.165) is 13.1 Å². The molecule has 0 spiro atoms. The molecule has 2 aliphatic rings. The van der Waals surface area contributed by atoms with E-state index in [2.05, 4.69) is 118 Å². The van der Waals surface area contributed by atoms with Gasteiger partial charge in [-0.2, -0.15) is 0 Å². The van der Waals surface area contributed by atoms with Crippen LogP contribution in [0.5, 0.6) is 0 Å². The van der Waals surface area contributed by atoms with Gasteiger partial charge in [0, 0.05) is 45.8 Å². The summed E-state index contributed by atoms with van der Waals surface area (Å²) in [7, 11) is 0. The standard InChI is InChI=1S/C36H22N2/c1-3-9-25-21(7-1)19-37-33-17-23-16-32-30-14-6-12-28-26-10-4-2-8-22(26)20-38(36(28)30)34(32)18-24(23)15-31(33)29-13-5-11-27(25)35(29)37/h1-18H,19-20H2. The van der Waals surface area contributed by atoms with E-state index < -0.39 is 0 Å². The van der Waals surface area contributed by atoms with Crippen LogP contribution in [0.3, 0.4) is 0 Å². The summed E-state index contributed by atoms with van der Waals surface area (Å²) in [5.41, 5.74) is 13.6. The number of benzene rings is 6. The van der Waals surface area contributed by atoms with Crippen molar-refractivity contribution in [3.05, 3.63) is 120 Å². The molecule has 0 bridgehead atoms. The Morgan fingerprint density at radius 3 is 1.34 bits per heavy atom. The Bertz CT molecular complexity index is 2180. The third kappa shape index (κ3) is 2.22. The molecule has 2 aliphatic heterocycles. The van der Waals surface area contributed by atoms with Crippen LogP contribution in [-0.2, 0) is 13.1 Å². The SMILES string of the molecule is c1ccc2c(c1)Cn1c3cc4cc5c6cccc7c6n(c5cc4cc3c3cccc-2c31)Cc1ccccc1-7. The van der Waals surface area contributed by atoms with E-state index in [0.29, 0.717) is 0 Å². The predicted molar refractivity (Wildman–Crippen MR) is 159 cm³/mol. The Kier molecular flexibility index (Phi) is 3.32. The van der Waals surface area contributed by atoms with Crippen molar-refractivity contribution in [3.63, 3.8) is 0 Å². The summed E-state index contributed by atoms with van der Waals surface area (Å²) in [6.45, 7) is 1.84. The molecule has 176 valence electrons. The van der Waals surface area contributed by atoms with Gasteiger partial charge in [-0.15, -0.1) is 0 Å². The molecule has 6 aromatic carbocycles. The Morgan fingerprint density at radius 2 is 0.842 bits per heavy atom. The topological polar surface area (TPSA) is 9.86 Å². The summed E-state index contributed by atoms with van der Waals surface area (Å²) < 4.78 is 5.08. The monoisotopic (exact) mass is 482 g/mol. The lowest BCUT2D eigenvalue weighted by Gasteiger charge is -2.20. The predicted octanol–water partition coefficient (Wildman–Crippen LogP) is 9.11. The number of nitrogens with zero attached hydrogens (tertiary/aromatic N) is 2. The quantitative estimate of drug-likeness (QED) is 0.204. The van der Waals surface area contributed by atoms with E-state index in [1.807, 2.05) is 0 Å². The summed E-state index contributed by atoms with van der Waals surface area (Å²) in [6.07, 6.45) is 0. The zero-order chi connectivity index (χ0) is 24.5. The van der Waals surface area contributed by atoms with Gasteiger partial charge >= 0.3 is 0 Å². The lowest BCUT2D eigenvalue weighted by atomic mass is 9.95. The van der Waals surface area contributed by atoms with Crippen molar-refractivity contribution in [3.8, 4) is 22.3 Å². The van der Waals surface area contributed by atoms with Crippen molar-refractivity contribution >= 4 is 54.4 Å². The fourth-order valence-corrected chi connectivity index (χ4v) is 7.49. The average molecular weight is 483 g/mol. The molecule has 0 unspecified atom stereocenters. The maximum absolute atomic E-state index is 2.54. The van der Waals surface area contributed by atoms with Crippen LogP contribution in [0.2, 0.25) is 0 Å². The molecule has 0 fully saturated rings. The molecular weight excluding hydrogens is 460 g/mol. The van der Waals surface area contributed by atoms with Crippen LogP contribution in [0.4, 0.5) is 0 Å². The maximum atomic E-state index is 2.54.